The van der Waals surface area contributed by atoms with E-state index in [9.17, 15) is 14.7 Å². The third kappa shape index (κ3) is 3.70. The third-order valence-corrected chi connectivity index (χ3v) is 4.38. The molecule has 0 saturated heterocycles. The number of phenolic OH excluding ortho intramolecular Hbond substituents is 1. The van der Waals surface area contributed by atoms with Crippen molar-refractivity contribution in [1.82, 2.24) is 19.1 Å². The molecular weight excluding hydrogens is 416 g/mol. The molecule has 3 rings (SSSR count). The summed E-state index contributed by atoms with van der Waals surface area (Å²) in [4.78, 5) is 30.7. The van der Waals surface area contributed by atoms with Crippen molar-refractivity contribution in [3.63, 3.8) is 0 Å². The van der Waals surface area contributed by atoms with E-state index in [1.165, 1.54) is 17.8 Å². The molecule has 0 atom stereocenters. The van der Waals surface area contributed by atoms with E-state index in [0.29, 0.717) is 18.1 Å². The monoisotopic (exact) mass is 432 g/mol. The normalized spacial score (nSPS) is 11.8. The number of aryl methyl sites for hydroxylation is 1. The highest BCUT2D eigenvalue weighted by molar-refractivity contribution is 9.10. The first-order valence-corrected chi connectivity index (χ1v) is 8.80. The van der Waals surface area contributed by atoms with Gasteiger partial charge >= 0.3 is 5.69 Å². The lowest BCUT2D eigenvalue weighted by Crippen LogP contribution is -2.29. The number of nitrogens with zero attached hydrogens (tertiary/aromatic N) is 4. The summed E-state index contributed by atoms with van der Waals surface area (Å²) in [5.74, 6) is 0.366. The molecule has 0 fully saturated rings. The standard InChI is InChI=1S/C17H17BrN6O3/c1-3-4-7-24-13-14(23(2)17(27)21-15(13)26)20-16(24)22-19-9-10-8-11(18)5-6-12(10)25/h3-6,8-9,25H,7H2,1-2H3,(H,20,22)(H,21,26,27)/b4-3+,19-9-. The molecule has 3 aromatic rings. The average Bonchev–Trinajstić information content (AvgIpc) is 3.00. The number of halogens is 1. The Balaban J connectivity index is 2.05. The number of imidazole rings is 1. The second-order valence-corrected chi connectivity index (χ2v) is 6.59. The maximum absolute atomic E-state index is 12.3. The molecule has 9 nitrogen and oxygen atoms in total. The first kappa shape index (κ1) is 18.6. The maximum atomic E-state index is 12.3. The summed E-state index contributed by atoms with van der Waals surface area (Å²) in [6.07, 6.45) is 5.12. The molecule has 0 spiro atoms. The van der Waals surface area contributed by atoms with Gasteiger partial charge in [0.1, 0.15) is 5.75 Å². The number of phenols is 1. The van der Waals surface area contributed by atoms with Gasteiger partial charge in [0.2, 0.25) is 5.95 Å². The predicted molar refractivity (Wildman–Crippen MR) is 107 cm³/mol. The van der Waals surface area contributed by atoms with E-state index in [1.807, 2.05) is 19.1 Å². The van der Waals surface area contributed by atoms with E-state index < -0.39 is 11.2 Å². The molecule has 10 heteroatoms. The molecule has 0 unspecified atom stereocenters. The van der Waals surface area contributed by atoms with Crippen LogP contribution in [-0.2, 0) is 13.6 Å². The fourth-order valence-electron chi connectivity index (χ4n) is 2.50. The highest BCUT2D eigenvalue weighted by atomic mass is 79.9. The Hall–Kier alpha value is -3.14. The Morgan fingerprint density at radius 1 is 1.41 bits per heavy atom. The van der Waals surface area contributed by atoms with Crippen LogP contribution in [0.4, 0.5) is 5.95 Å². The van der Waals surface area contributed by atoms with Gasteiger partial charge in [-0.3, -0.25) is 18.9 Å². The van der Waals surface area contributed by atoms with Gasteiger partial charge in [0, 0.05) is 23.6 Å². The van der Waals surface area contributed by atoms with Gasteiger partial charge in [0.25, 0.3) is 5.56 Å². The van der Waals surface area contributed by atoms with Crippen LogP contribution in [0.15, 0.2) is 49.5 Å². The Bertz CT molecular complexity index is 1170. The summed E-state index contributed by atoms with van der Waals surface area (Å²) in [6.45, 7) is 2.23. The Morgan fingerprint density at radius 3 is 2.93 bits per heavy atom. The van der Waals surface area contributed by atoms with Crippen LogP contribution in [0.25, 0.3) is 11.2 Å². The number of allylic oxidation sites excluding steroid dienone is 2. The molecule has 0 amide bonds. The van der Waals surface area contributed by atoms with E-state index >= 15 is 0 Å². The Morgan fingerprint density at radius 2 is 2.19 bits per heavy atom. The topological polar surface area (TPSA) is 117 Å². The molecule has 0 aliphatic rings. The zero-order valence-corrected chi connectivity index (χ0v) is 16.2. The van der Waals surface area contributed by atoms with E-state index in [2.05, 4.69) is 36.4 Å². The minimum Gasteiger partial charge on any atom is -0.507 e. The summed E-state index contributed by atoms with van der Waals surface area (Å²) in [5.41, 5.74) is 2.71. The first-order valence-electron chi connectivity index (χ1n) is 8.00. The fraction of sp³-hybridized carbons (Fsp3) is 0.176. The lowest BCUT2D eigenvalue weighted by Gasteiger charge is -2.05. The predicted octanol–water partition coefficient (Wildman–Crippen LogP) is 1.91. The zero-order valence-electron chi connectivity index (χ0n) is 14.6. The largest absolute Gasteiger partial charge is 0.507 e. The number of hydrazone groups is 1. The zero-order chi connectivity index (χ0) is 19.6. The van der Waals surface area contributed by atoms with Gasteiger partial charge in [-0.2, -0.15) is 10.1 Å². The van der Waals surface area contributed by atoms with Crippen LogP contribution in [0, 0.1) is 0 Å². The third-order valence-electron chi connectivity index (χ3n) is 3.89. The fourth-order valence-corrected chi connectivity index (χ4v) is 2.88. The van der Waals surface area contributed by atoms with Crippen LogP contribution < -0.4 is 16.7 Å². The number of aromatic hydroxyl groups is 1. The summed E-state index contributed by atoms with van der Waals surface area (Å²) >= 11 is 3.33. The molecule has 27 heavy (non-hydrogen) atoms. The highest BCUT2D eigenvalue weighted by Crippen LogP contribution is 2.20. The van der Waals surface area contributed by atoms with Gasteiger partial charge in [0.15, 0.2) is 11.2 Å². The number of H-pyrrole nitrogens is 1. The Labute approximate surface area is 161 Å². The number of aromatic amines is 1. The van der Waals surface area contributed by atoms with Crippen molar-refractivity contribution in [3.8, 4) is 5.75 Å². The minimum atomic E-state index is -0.544. The molecule has 0 aliphatic heterocycles. The molecule has 0 aliphatic carbocycles. The number of nitrogens with one attached hydrogen (secondary N) is 2. The molecule has 0 saturated carbocycles. The van der Waals surface area contributed by atoms with Crippen LogP contribution in [0.1, 0.15) is 12.5 Å². The van der Waals surface area contributed by atoms with E-state index in [1.54, 1.807) is 22.8 Å². The highest BCUT2D eigenvalue weighted by Gasteiger charge is 2.16. The molecule has 0 bridgehead atoms. The number of aromatic nitrogens is 4. The van der Waals surface area contributed by atoms with Crippen LogP contribution in [-0.4, -0.2) is 30.4 Å². The summed E-state index contributed by atoms with van der Waals surface area (Å²) in [5, 5.41) is 14.0. The van der Waals surface area contributed by atoms with Gasteiger partial charge in [0.05, 0.1) is 6.21 Å². The van der Waals surface area contributed by atoms with Gasteiger partial charge in [-0.1, -0.05) is 28.1 Å². The van der Waals surface area contributed by atoms with Crippen molar-refractivity contribution < 1.29 is 5.11 Å². The van der Waals surface area contributed by atoms with Crippen molar-refractivity contribution in [2.24, 2.45) is 12.1 Å². The number of hydrogen-bond acceptors (Lipinski definition) is 6. The number of anilines is 1. The van der Waals surface area contributed by atoms with Gasteiger partial charge in [-0.15, -0.1) is 0 Å². The smallest absolute Gasteiger partial charge is 0.329 e. The lowest BCUT2D eigenvalue weighted by atomic mass is 10.2. The number of benzene rings is 1. The van der Waals surface area contributed by atoms with Gasteiger partial charge in [-0.25, -0.2) is 10.2 Å². The van der Waals surface area contributed by atoms with Gasteiger partial charge < -0.3 is 5.11 Å². The number of hydrogen-bond donors (Lipinski definition) is 3. The van der Waals surface area contributed by atoms with E-state index in [-0.39, 0.29) is 16.9 Å². The van der Waals surface area contributed by atoms with Crippen molar-refractivity contribution in [2.45, 2.75) is 13.5 Å². The second kappa shape index (κ2) is 7.62. The molecule has 140 valence electrons. The van der Waals surface area contributed by atoms with E-state index in [0.717, 1.165) is 4.47 Å². The quantitative estimate of drug-likeness (QED) is 0.323. The first-order chi connectivity index (χ1) is 12.9. The summed E-state index contributed by atoms with van der Waals surface area (Å²) < 4.78 is 3.67. The molecule has 2 aromatic heterocycles. The molecule has 3 N–H and O–H groups in total. The average molecular weight is 433 g/mol. The van der Waals surface area contributed by atoms with Crippen molar-refractivity contribution in [1.29, 1.82) is 0 Å². The number of rotatable bonds is 5. The SMILES string of the molecule is C/C=C/Cn1c(N/N=C\c2cc(Br)ccc2O)nc2c1c(=O)[nH]c(=O)n2C. The number of fused-ring (bicyclic) bond motifs is 1. The summed E-state index contributed by atoms with van der Waals surface area (Å²) in [7, 11) is 1.53. The lowest BCUT2D eigenvalue weighted by molar-refractivity contribution is 0.474. The molecule has 2 heterocycles. The van der Waals surface area contributed by atoms with Crippen LogP contribution in [0.2, 0.25) is 0 Å². The molecular formula is C17H17BrN6O3. The molecule has 0 radical (unpaired) electrons. The van der Waals surface area contributed by atoms with Crippen molar-refractivity contribution >= 4 is 39.3 Å². The van der Waals surface area contributed by atoms with Crippen LogP contribution in [0.3, 0.4) is 0 Å². The Kier molecular flexibility index (Phi) is 5.26. The molecule has 1 aromatic carbocycles. The van der Waals surface area contributed by atoms with Gasteiger partial charge in [-0.05, 0) is 25.1 Å². The maximum Gasteiger partial charge on any atom is 0.329 e. The van der Waals surface area contributed by atoms with Crippen LogP contribution >= 0.6 is 15.9 Å². The van der Waals surface area contributed by atoms with Crippen molar-refractivity contribution in [3.05, 3.63) is 61.2 Å². The van der Waals surface area contributed by atoms with E-state index in [4.69, 9.17) is 0 Å². The van der Waals surface area contributed by atoms with Crippen LogP contribution in [0.5, 0.6) is 5.75 Å². The van der Waals surface area contributed by atoms with Crippen molar-refractivity contribution in [2.75, 3.05) is 5.43 Å². The minimum absolute atomic E-state index is 0.0741. The second-order valence-electron chi connectivity index (χ2n) is 5.68. The summed E-state index contributed by atoms with van der Waals surface area (Å²) in [6, 6.07) is 4.96.